The first-order chi connectivity index (χ1) is 9.13. The van der Waals surface area contributed by atoms with E-state index >= 15 is 0 Å². The van der Waals surface area contributed by atoms with E-state index in [-0.39, 0.29) is 18.7 Å². The van der Waals surface area contributed by atoms with Gasteiger partial charge in [0.15, 0.2) is 0 Å². The van der Waals surface area contributed by atoms with Crippen LogP contribution >= 0.6 is 0 Å². The quantitative estimate of drug-likeness (QED) is 0.721. The number of rotatable bonds is 4. The lowest BCUT2D eigenvalue weighted by molar-refractivity contribution is 0.238. The summed E-state index contributed by atoms with van der Waals surface area (Å²) in [6.07, 6.45) is 0.454. The van der Waals surface area contributed by atoms with Crippen LogP contribution in [0.1, 0.15) is 31.4 Å². The first kappa shape index (κ1) is 15.1. The lowest BCUT2D eigenvalue weighted by Gasteiger charge is -2.11. The van der Waals surface area contributed by atoms with Gasteiger partial charge in [0, 0.05) is 24.6 Å². The first-order valence-corrected chi connectivity index (χ1v) is 6.35. The highest BCUT2D eigenvalue weighted by Crippen LogP contribution is 2.06. The second kappa shape index (κ2) is 8.17. The van der Waals surface area contributed by atoms with Crippen LogP contribution in [-0.4, -0.2) is 23.8 Å². The van der Waals surface area contributed by atoms with Crippen molar-refractivity contribution in [3.8, 4) is 11.8 Å². The Morgan fingerprint density at radius 1 is 1.37 bits per heavy atom. The molecule has 0 spiro atoms. The van der Waals surface area contributed by atoms with Gasteiger partial charge in [0.05, 0.1) is 6.61 Å². The molecular weight excluding hydrogens is 240 g/mol. The van der Waals surface area contributed by atoms with Gasteiger partial charge in [0.2, 0.25) is 0 Å². The fourth-order valence-corrected chi connectivity index (χ4v) is 1.50. The van der Waals surface area contributed by atoms with Crippen molar-refractivity contribution in [1.29, 1.82) is 0 Å². The number of urea groups is 1. The number of benzene rings is 1. The van der Waals surface area contributed by atoms with Gasteiger partial charge in [-0.3, -0.25) is 0 Å². The lowest BCUT2D eigenvalue weighted by Crippen LogP contribution is -2.39. The number of aliphatic hydroxyl groups excluding tert-OH is 1. The molecule has 0 saturated carbocycles. The molecule has 0 bridgehead atoms. The molecule has 102 valence electrons. The molecule has 4 heteroatoms. The van der Waals surface area contributed by atoms with Crippen LogP contribution in [0.25, 0.3) is 0 Å². The Bertz CT molecular complexity index is 473. The second-order valence-electron chi connectivity index (χ2n) is 4.41. The molecule has 1 aromatic carbocycles. The summed E-state index contributed by atoms with van der Waals surface area (Å²) in [5.41, 5.74) is 1.84. The van der Waals surface area contributed by atoms with Gasteiger partial charge in [-0.15, -0.1) is 0 Å². The van der Waals surface area contributed by atoms with Crippen molar-refractivity contribution in [1.82, 2.24) is 10.6 Å². The Labute approximate surface area is 114 Å². The zero-order valence-corrected chi connectivity index (χ0v) is 11.4. The zero-order valence-electron chi connectivity index (χ0n) is 11.4. The zero-order chi connectivity index (χ0) is 14.1. The van der Waals surface area contributed by atoms with Gasteiger partial charge in [0.25, 0.3) is 0 Å². The van der Waals surface area contributed by atoms with Crippen LogP contribution in [-0.2, 0) is 6.54 Å². The van der Waals surface area contributed by atoms with E-state index in [1.54, 1.807) is 0 Å². The third-order valence-electron chi connectivity index (χ3n) is 2.34. The Morgan fingerprint density at radius 2 is 2.11 bits per heavy atom. The van der Waals surface area contributed by atoms with Gasteiger partial charge in [-0.25, -0.2) is 4.79 Å². The smallest absolute Gasteiger partial charge is 0.315 e. The number of carbonyl (C=O) groups excluding carboxylic acids is 1. The predicted molar refractivity (Wildman–Crippen MR) is 75.5 cm³/mol. The van der Waals surface area contributed by atoms with E-state index in [0.29, 0.717) is 13.0 Å². The molecule has 4 nitrogen and oxygen atoms in total. The highest BCUT2D eigenvalue weighted by atomic mass is 16.2. The van der Waals surface area contributed by atoms with Crippen LogP contribution in [0.15, 0.2) is 24.3 Å². The SMILES string of the molecule is CC(C)NC(=O)NCc1ccccc1C#CCCO. The molecule has 1 aromatic rings. The molecular formula is C15H20N2O2. The molecule has 0 aliphatic rings. The molecule has 2 amide bonds. The summed E-state index contributed by atoms with van der Waals surface area (Å²) in [5.74, 6) is 5.88. The van der Waals surface area contributed by atoms with Crippen LogP contribution in [0.5, 0.6) is 0 Å². The van der Waals surface area contributed by atoms with Crippen molar-refractivity contribution < 1.29 is 9.90 Å². The largest absolute Gasteiger partial charge is 0.395 e. The summed E-state index contributed by atoms with van der Waals surface area (Å²) >= 11 is 0. The molecule has 0 unspecified atom stereocenters. The average molecular weight is 260 g/mol. The standard InChI is InChI=1S/C15H20N2O2/c1-12(2)17-15(19)16-11-14-9-4-3-7-13(14)8-5-6-10-18/h3-4,7,9,12,18H,6,10-11H2,1-2H3,(H2,16,17,19). The minimum Gasteiger partial charge on any atom is -0.395 e. The Hall–Kier alpha value is -1.99. The van der Waals surface area contributed by atoms with Crippen LogP contribution in [0.3, 0.4) is 0 Å². The maximum absolute atomic E-state index is 11.5. The van der Waals surface area contributed by atoms with E-state index in [0.717, 1.165) is 11.1 Å². The first-order valence-electron chi connectivity index (χ1n) is 6.35. The maximum Gasteiger partial charge on any atom is 0.315 e. The summed E-state index contributed by atoms with van der Waals surface area (Å²) < 4.78 is 0. The molecule has 1 rings (SSSR count). The second-order valence-corrected chi connectivity index (χ2v) is 4.41. The van der Waals surface area contributed by atoms with Crippen molar-refractivity contribution >= 4 is 6.03 Å². The van der Waals surface area contributed by atoms with Crippen molar-refractivity contribution in [3.63, 3.8) is 0 Å². The monoisotopic (exact) mass is 260 g/mol. The van der Waals surface area contributed by atoms with Crippen molar-refractivity contribution in [3.05, 3.63) is 35.4 Å². The predicted octanol–water partition coefficient (Wildman–Crippen LogP) is 1.63. The number of nitrogens with one attached hydrogen (secondary N) is 2. The number of carbonyl (C=O) groups is 1. The van der Waals surface area contributed by atoms with Gasteiger partial charge in [-0.1, -0.05) is 30.0 Å². The summed E-state index contributed by atoms with van der Waals surface area (Å²) in [4.78, 5) is 11.5. The lowest BCUT2D eigenvalue weighted by atomic mass is 10.1. The molecule has 0 aliphatic heterocycles. The van der Waals surface area contributed by atoms with Gasteiger partial charge >= 0.3 is 6.03 Å². The van der Waals surface area contributed by atoms with E-state index in [9.17, 15) is 4.79 Å². The van der Waals surface area contributed by atoms with Crippen molar-refractivity contribution in [2.45, 2.75) is 32.9 Å². The van der Waals surface area contributed by atoms with Crippen LogP contribution in [0.4, 0.5) is 4.79 Å². The Morgan fingerprint density at radius 3 is 2.79 bits per heavy atom. The van der Waals surface area contributed by atoms with Crippen LogP contribution < -0.4 is 10.6 Å². The molecule has 0 atom stereocenters. The summed E-state index contributed by atoms with van der Waals surface area (Å²) in [6, 6.07) is 7.57. The highest BCUT2D eigenvalue weighted by Gasteiger charge is 2.04. The van der Waals surface area contributed by atoms with Gasteiger partial charge in [-0.05, 0) is 25.5 Å². The minimum absolute atomic E-state index is 0.0597. The highest BCUT2D eigenvalue weighted by molar-refractivity contribution is 5.74. The van der Waals surface area contributed by atoms with Gasteiger partial charge in [0.1, 0.15) is 0 Å². The van der Waals surface area contributed by atoms with Gasteiger partial charge in [-0.2, -0.15) is 0 Å². The number of amides is 2. The van der Waals surface area contributed by atoms with E-state index in [4.69, 9.17) is 5.11 Å². The van der Waals surface area contributed by atoms with E-state index in [1.165, 1.54) is 0 Å². The summed E-state index contributed by atoms with van der Waals surface area (Å²) in [7, 11) is 0. The molecule has 0 aliphatic carbocycles. The number of hydrogen-bond acceptors (Lipinski definition) is 2. The Balaban J connectivity index is 2.63. The number of aliphatic hydroxyl groups is 1. The molecule has 19 heavy (non-hydrogen) atoms. The average Bonchev–Trinajstić information content (AvgIpc) is 2.37. The third kappa shape index (κ3) is 5.94. The topological polar surface area (TPSA) is 61.4 Å². The van der Waals surface area contributed by atoms with Crippen LogP contribution in [0.2, 0.25) is 0 Å². The van der Waals surface area contributed by atoms with Crippen LogP contribution in [0, 0.1) is 11.8 Å². The molecule has 0 fully saturated rings. The normalized spacial score (nSPS) is 9.68. The molecule has 3 N–H and O–H groups in total. The Kier molecular flexibility index (Phi) is 6.48. The fraction of sp³-hybridized carbons (Fsp3) is 0.400. The molecule has 0 radical (unpaired) electrons. The van der Waals surface area contributed by atoms with Gasteiger partial charge < -0.3 is 15.7 Å². The number of hydrogen-bond donors (Lipinski definition) is 3. The van der Waals surface area contributed by atoms with E-state index < -0.39 is 0 Å². The fourth-order valence-electron chi connectivity index (χ4n) is 1.50. The summed E-state index contributed by atoms with van der Waals surface area (Å²) in [6.45, 7) is 4.31. The molecule has 0 heterocycles. The maximum atomic E-state index is 11.5. The van der Waals surface area contributed by atoms with Crippen molar-refractivity contribution in [2.75, 3.05) is 6.61 Å². The minimum atomic E-state index is -0.187. The molecule has 0 aromatic heterocycles. The summed E-state index contributed by atoms with van der Waals surface area (Å²) in [5, 5.41) is 14.3. The third-order valence-corrected chi connectivity index (χ3v) is 2.34. The van der Waals surface area contributed by atoms with E-state index in [1.807, 2.05) is 38.1 Å². The van der Waals surface area contributed by atoms with E-state index in [2.05, 4.69) is 22.5 Å². The van der Waals surface area contributed by atoms with Crippen molar-refractivity contribution in [2.24, 2.45) is 0 Å². The molecule has 0 saturated heterocycles.